The summed E-state index contributed by atoms with van der Waals surface area (Å²) in [5, 5.41) is 0.949. The fraction of sp³-hybridized carbons (Fsp3) is 0.474. The molecule has 6 nitrogen and oxygen atoms in total. The first-order chi connectivity index (χ1) is 12.7. The number of amides is 1. The standard InChI is InChI=1S/C19H23N3O3S/c1-24-16-9-13-5-7-21(11-14(13)10-17(16)25-2)18(23)12-26-19-20-6-8-22(19)15-3-4-15/h6,8-10,15H,3-5,7,11-12H2,1-2H3. The van der Waals surface area contributed by atoms with Gasteiger partial charge in [-0.15, -0.1) is 0 Å². The number of hydrogen-bond acceptors (Lipinski definition) is 5. The lowest BCUT2D eigenvalue weighted by Crippen LogP contribution is -2.37. The van der Waals surface area contributed by atoms with Gasteiger partial charge in [-0.25, -0.2) is 4.98 Å². The Hall–Kier alpha value is -2.15. The zero-order valence-electron chi connectivity index (χ0n) is 15.1. The molecule has 1 saturated carbocycles. The highest BCUT2D eigenvalue weighted by atomic mass is 32.2. The van der Waals surface area contributed by atoms with Crippen LogP contribution in [0.25, 0.3) is 0 Å². The van der Waals surface area contributed by atoms with Gasteiger partial charge in [-0.3, -0.25) is 4.79 Å². The number of imidazole rings is 1. The molecule has 2 aliphatic rings. The zero-order valence-corrected chi connectivity index (χ0v) is 15.9. The summed E-state index contributed by atoms with van der Waals surface area (Å²) >= 11 is 1.53. The second kappa shape index (κ2) is 7.23. The lowest BCUT2D eigenvalue weighted by atomic mass is 9.99. The van der Waals surface area contributed by atoms with Crippen LogP contribution in [0.5, 0.6) is 11.5 Å². The number of methoxy groups -OCH3 is 2. The Morgan fingerprint density at radius 1 is 1.23 bits per heavy atom. The number of rotatable bonds is 6. The van der Waals surface area contributed by atoms with Gasteiger partial charge < -0.3 is 18.9 Å². The van der Waals surface area contributed by atoms with E-state index in [0.717, 1.165) is 29.4 Å². The van der Waals surface area contributed by atoms with Gasteiger partial charge in [0.05, 0.1) is 20.0 Å². The number of ether oxygens (including phenoxy) is 2. The summed E-state index contributed by atoms with van der Waals surface area (Å²) in [6.45, 7) is 1.35. The van der Waals surface area contributed by atoms with Gasteiger partial charge in [0.25, 0.3) is 0 Å². The third kappa shape index (κ3) is 3.40. The van der Waals surface area contributed by atoms with Gasteiger partial charge in [0.2, 0.25) is 5.91 Å². The molecule has 1 fully saturated rings. The summed E-state index contributed by atoms with van der Waals surface area (Å²) in [4.78, 5) is 19.0. The quantitative estimate of drug-likeness (QED) is 0.729. The third-order valence-electron chi connectivity index (χ3n) is 4.97. The third-order valence-corrected chi connectivity index (χ3v) is 5.93. The predicted molar refractivity (Wildman–Crippen MR) is 99.9 cm³/mol. The fourth-order valence-electron chi connectivity index (χ4n) is 3.36. The molecule has 138 valence electrons. The van der Waals surface area contributed by atoms with Crippen molar-refractivity contribution in [3.05, 3.63) is 35.7 Å². The number of fused-ring (bicyclic) bond motifs is 1. The van der Waals surface area contributed by atoms with Crippen LogP contribution in [-0.4, -0.2) is 46.9 Å². The molecule has 4 rings (SSSR count). The van der Waals surface area contributed by atoms with Crippen molar-refractivity contribution >= 4 is 17.7 Å². The van der Waals surface area contributed by atoms with E-state index in [9.17, 15) is 4.79 Å². The molecule has 2 aromatic rings. The Balaban J connectivity index is 1.41. The van der Waals surface area contributed by atoms with E-state index in [2.05, 4.69) is 9.55 Å². The first kappa shape index (κ1) is 17.3. The van der Waals surface area contributed by atoms with Gasteiger partial charge in [-0.05, 0) is 42.5 Å². The van der Waals surface area contributed by atoms with Crippen molar-refractivity contribution in [1.29, 1.82) is 0 Å². The van der Waals surface area contributed by atoms with Crippen molar-refractivity contribution < 1.29 is 14.3 Å². The molecule has 0 spiro atoms. The lowest BCUT2D eigenvalue weighted by molar-refractivity contribution is -0.129. The van der Waals surface area contributed by atoms with Crippen molar-refractivity contribution in [3.8, 4) is 11.5 Å². The molecule has 0 radical (unpaired) electrons. The van der Waals surface area contributed by atoms with Gasteiger partial charge in [0.15, 0.2) is 16.7 Å². The Morgan fingerprint density at radius 3 is 2.65 bits per heavy atom. The lowest BCUT2D eigenvalue weighted by Gasteiger charge is -2.29. The summed E-state index contributed by atoms with van der Waals surface area (Å²) in [7, 11) is 3.28. The van der Waals surface area contributed by atoms with Crippen molar-refractivity contribution in [1.82, 2.24) is 14.5 Å². The van der Waals surface area contributed by atoms with E-state index in [-0.39, 0.29) is 5.91 Å². The Kier molecular flexibility index (Phi) is 4.80. The molecule has 0 atom stereocenters. The van der Waals surface area contributed by atoms with Crippen LogP contribution in [0.3, 0.4) is 0 Å². The SMILES string of the molecule is COc1cc2c(cc1OC)CN(C(=O)CSc1nccn1C1CC1)CC2. The molecular weight excluding hydrogens is 350 g/mol. The van der Waals surface area contributed by atoms with E-state index in [1.54, 1.807) is 14.2 Å². The summed E-state index contributed by atoms with van der Waals surface area (Å²) < 4.78 is 13.0. The van der Waals surface area contributed by atoms with E-state index in [0.29, 0.717) is 24.1 Å². The molecule has 7 heteroatoms. The average molecular weight is 373 g/mol. The van der Waals surface area contributed by atoms with Gasteiger partial charge in [-0.1, -0.05) is 11.8 Å². The Morgan fingerprint density at radius 2 is 1.96 bits per heavy atom. The van der Waals surface area contributed by atoms with E-state index >= 15 is 0 Å². The topological polar surface area (TPSA) is 56.6 Å². The maximum Gasteiger partial charge on any atom is 0.233 e. The van der Waals surface area contributed by atoms with Crippen LogP contribution in [-0.2, 0) is 17.8 Å². The van der Waals surface area contributed by atoms with E-state index in [4.69, 9.17) is 9.47 Å². The van der Waals surface area contributed by atoms with Crippen LogP contribution in [0.1, 0.15) is 30.0 Å². The van der Waals surface area contributed by atoms with E-state index in [1.807, 2.05) is 29.4 Å². The molecule has 1 amide bonds. The number of carbonyl (C=O) groups excluding carboxylic acids is 1. The van der Waals surface area contributed by atoms with Gasteiger partial charge >= 0.3 is 0 Å². The normalized spacial score (nSPS) is 16.3. The number of hydrogen-bond donors (Lipinski definition) is 0. The molecule has 1 aromatic heterocycles. The minimum Gasteiger partial charge on any atom is -0.493 e. The van der Waals surface area contributed by atoms with Crippen LogP contribution < -0.4 is 9.47 Å². The molecule has 0 saturated heterocycles. The summed E-state index contributed by atoms with van der Waals surface area (Å²) in [5.74, 6) is 2.03. The van der Waals surface area contributed by atoms with E-state index in [1.165, 1.54) is 30.2 Å². The number of benzene rings is 1. The highest BCUT2D eigenvalue weighted by Crippen LogP contribution is 2.38. The first-order valence-corrected chi connectivity index (χ1v) is 9.85. The van der Waals surface area contributed by atoms with Crippen LogP contribution in [0.15, 0.2) is 29.7 Å². The minimum atomic E-state index is 0.154. The van der Waals surface area contributed by atoms with Crippen LogP contribution in [0.4, 0.5) is 0 Å². The van der Waals surface area contributed by atoms with Crippen LogP contribution >= 0.6 is 11.8 Å². The molecule has 1 aliphatic heterocycles. The monoisotopic (exact) mass is 373 g/mol. The molecule has 0 N–H and O–H groups in total. The number of carbonyl (C=O) groups is 1. The van der Waals surface area contributed by atoms with Crippen LogP contribution in [0.2, 0.25) is 0 Å². The van der Waals surface area contributed by atoms with Crippen LogP contribution in [0, 0.1) is 0 Å². The highest BCUT2D eigenvalue weighted by Gasteiger charge is 2.27. The van der Waals surface area contributed by atoms with Crippen molar-refractivity contribution in [3.63, 3.8) is 0 Å². The van der Waals surface area contributed by atoms with Gasteiger partial charge in [0.1, 0.15) is 0 Å². The average Bonchev–Trinajstić information content (AvgIpc) is 3.42. The van der Waals surface area contributed by atoms with Crippen molar-refractivity contribution in [2.75, 3.05) is 26.5 Å². The number of aromatic nitrogens is 2. The Labute approximate surface area is 157 Å². The molecule has 0 unspecified atom stereocenters. The second-order valence-corrected chi connectivity index (χ2v) is 7.62. The second-order valence-electron chi connectivity index (χ2n) is 6.68. The number of thioether (sulfide) groups is 1. The van der Waals surface area contributed by atoms with Gasteiger partial charge in [0, 0.05) is 31.5 Å². The Bertz CT molecular complexity index is 816. The molecule has 2 heterocycles. The maximum absolute atomic E-state index is 12.7. The largest absolute Gasteiger partial charge is 0.493 e. The first-order valence-electron chi connectivity index (χ1n) is 8.86. The zero-order chi connectivity index (χ0) is 18.1. The van der Waals surface area contributed by atoms with E-state index < -0.39 is 0 Å². The fourth-order valence-corrected chi connectivity index (χ4v) is 4.28. The molecule has 1 aliphatic carbocycles. The minimum absolute atomic E-state index is 0.154. The molecular formula is C19H23N3O3S. The summed E-state index contributed by atoms with van der Waals surface area (Å²) in [5.41, 5.74) is 2.36. The summed E-state index contributed by atoms with van der Waals surface area (Å²) in [6.07, 6.45) is 7.10. The van der Waals surface area contributed by atoms with Gasteiger partial charge in [-0.2, -0.15) is 0 Å². The number of nitrogens with zero attached hydrogens (tertiary/aromatic N) is 3. The molecule has 0 bridgehead atoms. The smallest absolute Gasteiger partial charge is 0.233 e. The molecule has 1 aromatic carbocycles. The molecule has 26 heavy (non-hydrogen) atoms. The summed E-state index contributed by atoms with van der Waals surface area (Å²) in [6, 6.07) is 4.59. The maximum atomic E-state index is 12.7. The highest BCUT2D eigenvalue weighted by molar-refractivity contribution is 7.99. The van der Waals surface area contributed by atoms with Crippen molar-refractivity contribution in [2.24, 2.45) is 0 Å². The predicted octanol–water partition coefficient (Wildman–Crippen LogP) is 2.91. The van der Waals surface area contributed by atoms with Crippen molar-refractivity contribution in [2.45, 2.75) is 37.0 Å².